The van der Waals surface area contributed by atoms with Crippen LogP contribution in [0, 0.1) is 6.92 Å². The Morgan fingerprint density at radius 3 is 2.05 bits per heavy atom. The maximum atomic E-state index is 6.72. The van der Waals surface area contributed by atoms with Crippen LogP contribution in [0.4, 0.5) is 0 Å². The van der Waals surface area contributed by atoms with Gasteiger partial charge < -0.3 is 0 Å². The lowest BCUT2D eigenvalue weighted by Crippen LogP contribution is -2.42. The summed E-state index contributed by atoms with van der Waals surface area (Å²) in [5, 5.41) is 4.94. The van der Waals surface area contributed by atoms with E-state index in [4.69, 9.17) is 11.8 Å². The highest BCUT2D eigenvalue weighted by Gasteiger charge is 2.36. The van der Waals surface area contributed by atoms with Crippen molar-refractivity contribution in [3.8, 4) is 0 Å². The van der Waals surface area contributed by atoms with E-state index in [1.165, 1.54) is 38.1 Å². The lowest BCUT2D eigenvalue weighted by Gasteiger charge is -2.21. The van der Waals surface area contributed by atoms with Gasteiger partial charge in [-0.25, -0.2) is 4.57 Å². The average molecular weight is 516 g/mol. The molecular formula is C33H28N2PS+. The Balaban J connectivity index is 1.48. The Labute approximate surface area is 223 Å². The topological polar surface area (TPSA) is 9.03 Å². The highest BCUT2D eigenvalue weighted by Crippen LogP contribution is 2.42. The van der Waals surface area contributed by atoms with Gasteiger partial charge in [-0.3, -0.25) is 0 Å². The number of pyridine rings is 1. The summed E-state index contributed by atoms with van der Waals surface area (Å²) in [4.78, 5) is 0. The molecule has 37 heavy (non-hydrogen) atoms. The molecule has 0 unspecified atom stereocenters. The number of aromatic nitrogens is 2. The molecule has 0 fully saturated rings. The summed E-state index contributed by atoms with van der Waals surface area (Å²) >= 11 is 6.72. The molecule has 0 N–H and O–H groups in total. The molecule has 0 aliphatic rings. The van der Waals surface area contributed by atoms with Gasteiger partial charge in [0.25, 0.3) is 5.65 Å². The van der Waals surface area contributed by atoms with Crippen LogP contribution in [-0.2, 0) is 18.4 Å². The zero-order valence-electron chi connectivity index (χ0n) is 20.7. The number of nitrogens with zero attached hydrogens (tertiary/aromatic N) is 2. The van der Waals surface area contributed by atoms with E-state index in [1.807, 2.05) is 0 Å². The van der Waals surface area contributed by atoms with E-state index in [0.29, 0.717) is 0 Å². The van der Waals surface area contributed by atoms with Crippen LogP contribution >= 0.6 is 6.04 Å². The summed E-state index contributed by atoms with van der Waals surface area (Å²) < 4.78 is 4.71. The van der Waals surface area contributed by atoms with E-state index in [2.05, 4.69) is 156 Å². The number of benzene rings is 4. The summed E-state index contributed by atoms with van der Waals surface area (Å²) in [6.45, 7) is 2.99. The molecular weight excluding hydrogens is 487 g/mol. The standard InChI is InChI=1S/C33H28N2PS/c1-26-33(36(37,30-16-4-2-5-17-30)31-18-6-3-7-19-31)35-23-11-10-20-32(35)34(26)24-12-13-27-21-22-28-14-8-9-15-29(28)25-27/h2-23,25H,24H2,1H3/q+1/b13-12+. The molecule has 0 atom stereocenters. The van der Waals surface area contributed by atoms with Gasteiger partial charge in [0.15, 0.2) is 5.44 Å². The minimum atomic E-state index is -2.30. The Morgan fingerprint density at radius 1 is 0.730 bits per heavy atom. The summed E-state index contributed by atoms with van der Waals surface area (Å²) in [6, 6.07) is 40.5. The van der Waals surface area contributed by atoms with Gasteiger partial charge in [0.05, 0.1) is 12.2 Å². The molecule has 2 aromatic heterocycles. The third-order valence-corrected chi connectivity index (χ3v) is 12.0. The van der Waals surface area contributed by atoms with Crippen LogP contribution < -0.4 is 20.4 Å². The molecule has 6 aromatic rings. The number of rotatable bonds is 6. The second-order valence-corrected chi connectivity index (χ2v) is 13.6. The summed E-state index contributed by atoms with van der Waals surface area (Å²) in [5.41, 5.74) is 4.79. The van der Waals surface area contributed by atoms with Gasteiger partial charge >= 0.3 is 0 Å². The monoisotopic (exact) mass is 515 g/mol. The molecule has 0 saturated carbocycles. The molecule has 4 aromatic carbocycles. The predicted molar refractivity (Wildman–Crippen MR) is 161 cm³/mol. The minimum Gasteiger partial charge on any atom is -0.223 e. The van der Waals surface area contributed by atoms with E-state index >= 15 is 0 Å². The maximum Gasteiger partial charge on any atom is 0.287 e. The SMILES string of the molecule is Cc1c(P(=S)(c2ccccc2)c2ccccc2)[n+]2ccccc2n1C/C=C/c1ccc2ccccc2c1. The van der Waals surface area contributed by atoms with Crippen molar-refractivity contribution in [2.45, 2.75) is 13.5 Å². The highest BCUT2D eigenvalue weighted by atomic mass is 32.4. The smallest absolute Gasteiger partial charge is 0.223 e. The van der Waals surface area contributed by atoms with Crippen molar-refractivity contribution in [3.05, 3.63) is 145 Å². The molecule has 0 radical (unpaired) electrons. The third-order valence-electron chi connectivity index (χ3n) is 6.98. The van der Waals surface area contributed by atoms with E-state index in [9.17, 15) is 0 Å². The van der Waals surface area contributed by atoms with Crippen LogP contribution in [0.2, 0.25) is 0 Å². The van der Waals surface area contributed by atoms with E-state index < -0.39 is 6.04 Å². The molecule has 0 spiro atoms. The molecule has 2 nitrogen and oxygen atoms in total. The van der Waals surface area contributed by atoms with Gasteiger partial charge in [0.2, 0.25) is 0 Å². The van der Waals surface area contributed by atoms with Crippen molar-refractivity contribution in [2.75, 3.05) is 0 Å². The van der Waals surface area contributed by atoms with Gasteiger partial charge in [-0.15, -0.1) is 0 Å². The normalized spacial score (nSPS) is 12.0. The zero-order valence-corrected chi connectivity index (χ0v) is 22.4. The molecule has 0 bridgehead atoms. The second kappa shape index (κ2) is 9.94. The largest absolute Gasteiger partial charge is 0.287 e. The number of fused-ring (bicyclic) bond motifs is 2. The molecule has 4 heteroatoms. The van der Waals surface area contributed by atoms with Gasteiger partial charge in [-0.05, 0) is 45.2 Å². The van der Waals surface area contributed by atoms with E-state index in [1.54, 1.807) is 0 Å². The highest BCUT2D eigenvalue weighted by molar-refractivity contribution is 8.25. The van der Waals surface area contributed by atoms with Crippen molar-refractivity contribution in [3.63, 3.8) is 0 Å². The van der Waals surface area contributed by atoms with Gasteiger partial charge in [0.1, 0.15) is 12.2 Å². The van der Waals surface area contributed by atoms with Crippen molar-refractivity contribution in [1.82, 2.24) is 4.57 Å². The Hall–Kier alpha value is -3.78. The fourth-order valence-corrected chi connectivity index (χ4v) is 9.60. The predicted octanol–water partition coefficient (Wildman–Crippen LogP) is 6.16. The van der Waals surface area contributed by atoms with Crippen LogP contribution in [-0.4, -0.2) is 4.57 Å². The molecule has 0 aliphatic heterocycles. The molecule has 0 aliphatic carbocycles. The molecule has 6 rings (SSSR count). The Kier molecular flexibility index (Phi) is 6.34. The summed E-state index contributed by atoms with van der Waals surface area (Å²) in [6.07, 6.45) is 6.63. The number of hydrogen-bond acceptors (Lipinski definition) is 1. The lowest BCUT2D eigenvalue weighted by atomic mass is 10.1. The first-order valence-electron chi connectivity index (χ1n) is 12.5. The average Bonchev–Trinajstić information content (AvgIpc) is 3.25. The zero-order chi connectivity index (χ0) is 25.2. The fourth-order valence-electron chi connectivity index (χ4n) is 5.19. The van der Waals surface area contributed by atoms with Crippen molar-refractivity contribution in [1.29, 1.82) is 0 Å². The number of imidazole rings is 1. The van der Waals surface area contributed by atoms with Gasteiger partial charge in [-0.2, -0.15) is 4.40 Å². The van der Waals surface area contributed by atoms with Crippen molar-refractivity contribution >= 4 is 56.4 Å². The first-order valence-corrected chi connectivity index (χ1v) is 15.3. The van der Waals surface area contributed by atoms with Crippen LogP contribution in [0.15, 0.2) is 134 Å². The maximum absolute atomic E-state index is 6.72. The van der Waals surface area contributed by atoms with E-state index in [0.717, 1.165) is 12.2 Å². The first-order chi connectivity index (χ1) is 18.2. The summed E-state index contributed by atoms with van der Waals surface area (Å²) in [5.74, 6) is 0. The van der Waals surface area contributed by atoms with Crippen LogP contribution in [0.1, 0.15) is 11.3 Å². The first kappa shape index (κ1) is 23.6. The van der Waals surface area contributed by atoms with Crippen LogP contribution in [0.5, 0.6) is 0 Å². The minimum absolute atomic E-state index is 0.769. The Bertz CT molecular complexity index is 1740. The van der Waals surface area contributed by atoms with Crippen LogP contribution in [0.3, 0.4) is 0 Å². The quantitative estimate of drug-likeness (QED) is 0.191. The second-order valence-electron chi connectivity index (χ2n) is 9.24. The fraction of sp³-hybridized carbons (Fsp3) is 0.0606. The summed E-state index contributed by atoms with van der Waals surface area (Å²) in [7, 11) is 0. The third kappa shape index (κ3) is 4.25. The molecule has 0 amide bonds. The molecule has 2 heterocycles. The number of hydrogen-bond donors (Lipinski definition) is 0. The van der Waals surface area contributed by atoms with Crippen molar-refractivity contribution in [2.24, 2.45) is 0 Å². The van der Waals surface area contributed by atoms with Gasteiger partial charge in [-0.1, -0.05) is 121 Å². The lowest BCUT2D eigenvalue weighted by molar-refractivity contribution is -0.490. The van der Waals surface area contributed by atoms with Crippen LogP contribution in [0.25, 0.3) is 22.5 Å². The number of allylic oxidation sites excluding steroid dienone is 1. The molecule has 180 valence electrons. The van der Waals surface area contributed by atoms with Gasteiger partial charge in [0, 0.05) is 13.0 Å². The molecule has 0 saturated heterocycles. The van der Waals surface area contributed by atoms with E-state index in [-0.39, 0.29) is 0 Å². The Morgan fingerprint density at radius 2 is 1.35 bits per heavy atom. The van der Waals surface area contributed by atoms with Crippen molar-refractivity contribution < 1.29 is 4.40 Å².